The van der Waals surface area contributed by atoms with Gasteiger partial charge in [0.15, 0.2) is 0 Å². The van der Waals surface area contributed by atoms with E-state index in [-0.39, 0.29) is 6.04 Å². The van der Waals surface area contributed by atoms with E-state index in [1.54, 1.807) is 7.11 Å². The highest BCUT2D eigenvalue weighted by atomic mass is 16.5. The maximum absolute atomic E-state index is 5.66. The van der Waals surface area contributed by atoms with E-state index in [0.29, 0.717) is 0 Å². The third kappa shape index (κ3) is 2.70. The predicted octanol–water partition coefficient (Wildman–Crippen LogP) is 2.56. The fourth-order valence-electron chi connectivity index (χ4n) is 1.94. The van der Waals surface area contributed by atoms with Crippen molar-refractivity contribution in [1.82, 2.24) is 5.43 Å². The van der Waals surface area contributed by atoms with Crippen LogP contribution in [0, 0.1) is 6.92 Å². The fraction of sp³-hybridized carbons (Fsp3) is 0.200. The monoisotopic (exact) mass is 242 g/mol. The average Bonchev–Trinajstić information content (AvgIpc) is 2.42. The van der Waals surface area contributed by atoms with Crippen molar-refractivity contribution in [3.63, 3.8) is 0 Å². The zero-order valence-corrected chi connectivity index (χ0v) is 10.7. The van der Waals surface area contributed by atoms with Crippen LogP contribution in [0.5, 0.6) is 5.75 Å². The Balaban J connectivity index is 2.29. The van der Waals surface area contributed by atoms with Crippen LogP contribution in [0.25, 0.3) is 0 Å². The number of nitrogens with one attached hydrogen (secondary N) is 1. The van der Waals surface area contributed by atoms with Gasteiger partial charge in [0.2, 0.25) is 0 Å². The Morgan fingerprint density at radius 3 is 1.89 bits per heavy atom. The van der Waals surface area contributed by atoms with Crippen LogP contribution in [-0.2, 0) is 0 Å². The van der Waals surface area contributed by atoms with Crippen molar-refractivity contribution in [3.05, 3.63) is 65.2 Å². The van der Waals surface area contributed by atoms with E-state index in [0.717, 1.165) is 16.9 Å². The number of hydrazine groups is 1. The molecule has 0 amide bonds. The first-order valence-electron chi connectivity index (χ1n) is 5.91. The highest BCUT2D eigenvalue weighted by molar-refractivity contribution is 5.36. The quantitative estimate of drug-likeness (QED) is 0.640. The molecule has 0 saturated heterocycles. The molecular formula is C15H18N2O. The van der Waals surface area contributed by atoms with Crippen molar-refractivity contribution in [2.24, 2.45) is 5.84 Å². The number of hydrogen-bond donors (Lipinski definition) is 2. The van der Waals surface area contributed by atoms with Gasteiger partial charge in [0.25, 0.3) is 0 Å². The van der Waals surface area contributed by atoms with Crippen molar-refractivity contribution in [1.29, 1.82) is 0 Å². The molecule has 1 unspecified atom stereocenters. The van der Waals surface area contributed by atoms with Crippen molar-refractivity contribution in [3.8, 4) is 5.75 Å². The van der Waals surface area contributed by atoms with Crippen LogP contribution in [0.1, 0.15) is 22.7 Å². The van der Waals surface area contributed by atoms with Gasteiger partial charge in [-0.25, -0.2) is 5.43 Å². The number of aryl methyl sites for hydroxylation is 1. The highest BCUT2D eigenvalue weighted by Crippen LogP contribution is 2.23. The topological polar surface area (TPSA) is 47.3 Å². The van der Waals surface area contributed by atoms with E-state index in [4.69, 9.17) is 10.6 Å². The lowest BCUT2D eigenvalue weighted by molar-refractivity contribution is 0.414. The molecule has 2 aromatic carbocycles. The Hall–Kier alpha value is -1.84. The van der Waals surface area contributed by atoms with Gasteiger partial charge in [0.1, 0.15) is 5.75 Å². The Morgan fingerprint density at radius 1 is 0.944 bits per heavy atom. The van der Waals surface area contributed by atoms with E-state index in [9.17, 15) is 0 Å². The van der Waals surface area contributed by atoms with Crippen LogP contribution >= 0.6 is 0 Å². The van der Waals surface area contributed by atoms with Crippen LogP contribution in [0.2, 0.25) is 0 Å². The molecule has 2 aromatic rings. The minimum atomic E-state index is -0.00324. The number of hydrogen-bond acceptors (Lipinski definition) is 3. The first-order valence-corrected chi connectivity index (χ1v) is 5.91. The molecule has 2 rings (SSSR count). The summed E-state index contributed by atoms with van der Waals surface area (Å²) in [6, 6.07) is 16.3. The van der Waals surface area contributed by atoms with Crippen molar-refractivity contribution in [2.75, 3.05) is 7.11 Å². The summed E-state index contributed by atoms with van der Waals surface area (Å²) in [6.45, 7) is 2.07. The van der Waals surface area contributed by atoms with Gasteiger partial charge < -0.3 is 4.74 Å². The van der Waals surface area contributed by atoms with Gasteiger partial charge in [0.05, 0.1) is 13.2 Å². The Morgan fingerprint density at radius 2 is 1.44 bits per heavy atom. The molecule has 0 fully saturated rings. The van der Waals surface area contributed by atoms with E-state index in [2.05, 4.69) is 36.6 Å². The summed E-state index contributed by atoms with van der Waals surface area (Å²) in [7, 11) is 1.66. The van der Waals surface area contributed by atoms with Crippen molar-refractivity contribution >= 4 is 0 Å². The molecule has 0 aliphatic rings. The highest BCUT2D eigenvalue weighted by Gasteiger charge is 2.11. The summed E-state index contributed by atoms with van der Waals surface area (Å²) in [5.41, 5.74) is 6.35. The van der Waals surface area contributed by atoms with Gasteiger partial charge in [-0.1, -0.05) is 42.0 Å². The molecule has 0 aromatic heterocycles. The zero-order chi connectivity index (χ0) is 13.0. The molecular weight excluding hydrogens is 224 g/mol. The Kier molecular flexibility index (Phi) is 3.97. The summed E-state index contributed by atoms with van der Waals surface area (Å²) in [6.07, 6.45) is 0. The summed E-state index contributed by atoms with van der Waals surface area (Å²) in [4.78, 5) is 0. The van der Waals surface area contributed by atoms with Gasteiger partial charge in [-0.3, -0.25) is 5.84 Å². The summed E-state index contributed by atoms with van der Waals surface area (Å²) in [5, 5.41) is 0. The second kappa shape index (κ2) is 5.67. The summed E-state index contributed by atoms with van der Waals surface area (Å²) in [5.74, 6) is 6.51. The van der Waals surface area contributed by atoms with Crippen LogP contribution < -0.4 is 16.0 Å². The van der Waals surface area contributed by atoms with E-state index >= 15 is 0 Å². The van der Waals surface area contributed by atoms with Crippen molar-refractivity contribution in [2.45, 2.75) is 13.0 Å². The number of nitrogens with two attached hydrogens (primary N) is 1. The Bertz CT molecular complexity index is 491. The molecule has 0 saturated carbocycles. The van der Waals surface area contributed by atoms with E-state index in [1.165, 1.54) is 5.56 Å². The second-order valence-electron chi connectivity index (χ2n) is 4.28. The SMILES string of the molecule is COc1ccc(C(NN)c2ccc(C)cc2)cc1. The second-order valence-corrected chi connectivity index (χ2v) is 4.28. The van der Waals surface area contributed by atoms with Crippen LogP contribution in [0.15, 0.2) is 48.5 Å². The number of methoxy groups -OCH3 is 1. The minimum Gasteiger partial charge on any atom is -0.497 e. The lowest BCUT2D eigenvalue weighted by Gasteiger charge is -2.17. The molecule has 94 valence electrons. The molecule has 18 heavy (non-hydrogen) atoms. The zero-order valence-electron chi connectivity index (χ0n) is 10.7. The minimum absolute atomic E-state index is 0.00324. The smallest absolute Gasteiger partial charge is 0.118 e. The lowest BCUT2D eigenvalue weighted by atomic mass is 9.98. The number of ether oxygens (including phenoxy) is 1. The maximum Gasteiger partial charge on any atom is 0.118 e. The Labute approximate surface area is 108 Å². The first kappa shape index (κ1) is 12.6. The molecule has 0 bridgehead atoms. The molecule has 3 nitrogen and oxygen atoms in total. The van der Waals surface area contributed by atoms with Crippen molar-refractivity contribution < 1.29 is 4.74 Å². The molecule has 0 aliphatic carbocycles. The standard InChI is InChI=1S/C15H18N2O/c1-11-3-5-12(6-4-11)15(17-16)13-7-9-14(18-2)10-8-13/h3-10,15,17H,16H2,1-2H3. The number of benzene rings is 2. The first-order chi connectivity index (χ1) is 8.74. The van der Waals surface area contributed by atoms with Gasteiger partial charge in [-0.2, -0.15) is 0 Å². The van der Waals surface area contributed by atoms with Crippen LogP contribution in [0.3, 0.4) is 0 Å². The van der Waals surface area contributed by atoms with Gasteiger partial charge in [0, 0.05) is 0 Å². The number of rotatable bonds is 4. The molecule has 3 heteroatoms. The third-order valence-corrected chi connectivity index (χ3v) is 3.03. The molecule has 3 N–H and O–H groups in total. The van der Waals surface area contributed by atoms with E-state index in [1.807, 2.05) is 24.3 Å². The third-order valence-electron chi connectivity index (χ3n) is 3.03. The fourth-order valence-corrected chi connectivity index (χ4v) is 1.94. The van der Waals surface area contributed by atoms with Gasteiger partial charge >= 0.3 is 0 Å². The molecule has 0 radical (unpaired) electrons. The van der Waals surface area contributed by atoms with E-state index < -0.39 is 0 Å². The molecule has 0 spiro atoms. The van der Waals surface area contributed by atoms with Gasteiger partial charge in [-0.05, 0) is 30.2 Å². The normalized spacial score (nSPS) is 12.2. The van der Waals surface area contributed by atoms with Crippen LogP contribution in [0.4, 0.5) is 0 Å². The maximum atomic E-state index is 5.66. The summed E-state index contributed by atoms with van der Waals surface area (Å²) >= 11 is 0. The molecule has 0 aliphatic heterocycles. The molecule has 0 heterocycles. The van der Waals surface area contributed by atoms with Gasteiger partial charge in [-0.15, -0.1) is 0 Å². The largest absolute Gasteiger partial charge is 0.497 e. The lowest BCUT2D eigenvalue weighted by Crippen LogP contribution is -2.28. The molecule has 1 atom stereocenters. The predicted molar refractivity (Wildman–Crippen MR) is 73.3 cm³/mol. The van der Waals surface area contributed by atoms with Crippen LogP contribution in [-0.4, -0.2) is 7.11 Å². The summed E-state index contributed by atoms with van der Waals surface area (Å²) < 4.78 is 5.15. The average molecular weight is 242 g/mol.